The van der Waals surface area contributed by atoms with Gasteiger partial charge >= 0.3 is 0 Å². The first kappa shape index (κ1) is 19.6. The Morgan fingerprint density at radius 2 is 2.30 bits per heavy atom. The lowest BCUT2D eigenvalue weighted by Gasteiger charge is -2.31. The van der Waals surface area contributed by atoms with Crippen LogP contribution in [0.3, 0.4) is 0 Å². The van der Waals surface area contributed by atoms with Gasteiger partial charge in [0.05, 0.1) is 19.8 Å². The Balaban J connectivity index is 1.70. The van der Waals surface area contributed by atoms with Gasteiger partial charge in [0.15, 0.2) is 0 Å². The minimum atomic E-state index is -0.604. The molecular weight excluding hydrogens is 351 g/mol. The summed E-state index contributed by atoms with van der Waals surface area (Å²) >= 11 is 0. The number of likely N-dealkylation sites (N-methyl/N-ethyl adjacent to an activating group) is 1. The van der Waals surface area contributed by atoms with Crippen LogP contribution in [0.5, 0.6) is 5.75 Å². The topological polar surface area (TPSA) is 67.9 Å². The predicted octanol–water partition coefficient (Wildman–Crippen LogP) is 2.05. The maximum atomic E-state index is 14.3. The Hall–Kier alpha value is -2.15. The van der Waals surface area contributed by atoms with Crippen LogP contribution in [0.2, 0.25) is 0 Å². The van der Waals surface area contributed by atoms with Crippen LogP contribution in [-0.2, 0) is 20.7 Å². The molecule has 3 rings (SSSR count). The number of amides is 2. The molecule has 2 aliphatic rings. The van der Waals surface area contributed by atoms with E-state index in [0.29, 0.717) is 56.6 Å². The van der Waals surface area contributed by atoms with Gasteiger partial charge in [-0.2, -0.15) is 0 Å². The van der Waals surface area contributed by atoms with E-state index in [1.54, 1.807) is 24.1 Å². The fourth-order valence-electron chi connectivity index (χ4n) is 3.91. The first-order chi connectivity index (χ1) is 12.9. The molecule has 6 nitrogen and oxygen atoms in total. The van der Waals surface area contributed by atoms with E-state index in [1.807, 2.05) is 0 Å². The number of methoxy groups -OCH3 is 1. The fraction of sp³-hybridized carbons (Fsp3) is 0.600. The molecule has 0 bridgehead atoms. The molecule has 1 aromatic carbocycles. The zero-order valence-electron chi connectivity index (χ0n) is 15.9. The number of carbonyl (C=O) groups is 2. The fourth-order valence-corrected chi connectivity index (χ4v) is 3.91. The highest BCUT2D eigenvalue weighted by Gasteiger charge is 2.39. The van der Waals surface area contributed by atoms with Crippen LogP contribution in [0, 0.1) is 5.82 Å². The molecule has 2 unspecified atom stereocenters. The third-order valence-electron chi connectivity index (χ3n) is 5.68. The predicted molar refractivity (Wildman–Crippen MR) is 98.0 cm³/mol. The summed E-state index contributed by atoms with van der Waals surface area (Å²) in [4.78, 5) is 26.2. The van der Waals surface area contributed by atoms with Gasteiger partial charge in [0.2, 0.25) is 11.8 Å². The second kappa shape index (κ2) is 8.25. The molecule has 27 heavy (non-hydrogen) atoms. The van der Waals surface area contributed by atoms with Crippen molar-refractivity contribution in [1.82, 2.24) is 10.2 Å². The summed E-state index contributed by atoms with van der Waals surface area (Å²) in [7, 11) is 3.33. The van der Waals surface area contributed by atoms with Crippen LogP contribution in [0.1, 0.15) is 37.7 Å². The Bertz CT molecular complexity index is 705. The van der Waals surface area contributed by atoms with Crippen molar-refractivity contribution in [3.63, 3.8) is 0 Å². The van der Waals surface area contributed by atoms with Gasteiger partial charge in [-0.1, -0.05) is 0 Å². The highest BCUT2D eigenvalue weighted by atomic mass is 19.1. The Morgan fingerprint density at radius 3 is 2.93 bits per heavy atom. The Kier molecular flexibility index (Phi) is 5.99. The summed E-state index contributed by atoms with van der Waals surface area (Å²) in [5, 5.41) is 3.00. The number of nitrogens with one attached hydrogen (secondary N) is 1. The molecule has 2 atom stereocenters. The Labute approximate surface area is 159 Å². The minimum absolute atomic E-state index is 0.0251. The molecule has 2 amide bonds. The molecule has 1 N–H and O–H groups in total. The number of nitrogens with zero attached hydrogens (tertiary/aromatic N) is 1. The van der Waals surface area contributed by atoms with Gasteiger partial charge in [0.1, 0.15) is 11.6 Å². The number of ether oxygens (including phenoxy) is 2. The summed E-state index contributed by atoms with van der Waals surface area (Å²) in [6, 6.07) is 4.71. The van der Waals surface area contributed by atoms with E-state index >= 15 is 0 Å². The summed E-state index contributed by atoms with van der Waals surface area (Å²) in [6.07, 6.45) is 2.95. The van der Waals surface area contributed by atoms with E-state index in [-0.39, 0.29) is 23.7 Å². The average molecular weight is 378 g/mol. The van der Waals surface area contributed by atoms with Gasteiger partial charge in [0, 0.05) is 32.0 Å². The largest absolute Gasteiger partial charge is 0.497 e. The van der Waals surface area contributed by atoms with Crippen LogP contribution in [-0.4, -0.2) is 55.7 Å². The molecule has 2 heterocycles. The highest BCUT2D eigenvalue weighted by molar-refractivity contribution is 5.80. The van der Waals surface area contributed by atoms with Gasteiger partial charge in [0.25, 0.3) is 0 Å². The zero-order chi connectivity index (χ0) is 19.4. The molecule has 0 aromatic heterocycles. The molecule has 0 saturated carbocycles. The molecule has 2 saturated heterocycles. The second-order valence-corrected chi connectivity index (χ2v) is 7.48. The van der Waals surface area contributed by atoms with Gasteiger partial charge in [-0.05, 0) is 49.4 Å². The van der Waals surface area contributed by atoms with Crippen molar-refractivity contribution in [2.75, 3.05) is 27.4 Å². The van der Waals surface area contributed by atoms with Crippen LogP contribution >= 0.6 is 0 Å². The second-order valence-electron chi connectivity index (χ2n) is 7.48. The molecule has 148 valence electrons. The lowest BCUT2D eigenvalue weighted by Crippen LogP contribution is -2.45. The highest BCUT2D eigenvalue weighted by Crippen LogP contribution is 2.32. The number of benzene rings is 1. The third kappa shape index (κ3) is 4.58. The standard InChI is InChI=1S/C20H27FN2O4/c1-23(15-7-10-27-13-15)19(25)6-9-20(8-5-18(24)22-20)12-14-11-16(26-2)3-4-17(14)21/h3-4,11,15H,5-10,12-13H2,1-2H3,(H,22,24). The van der Waals surface area contributed by atoms with E-state index in [0.717, 1.165) is 6.42 Å². The van der Waals surface area contributed by atoms with Crippen LogP contribution in [0.25, 0.3) is 0 Å². The van der Waals surface area contributed by atoms with Crippen molar-refractivity contribution in [3.8, 4) is 5.75 Å². The van der Waals surface area contributed by atoms with Crippen LogP contribution < -0.4 is 10.1 Å². The maximum Gasteiger partial charge on any atom is 0.222 e. The third-order valence-corrected chi connectivity index (χ3v) is 5.68. The van der Waals surface area contributed by atoms with E-state index in [1.165, 1.54) is 13.2 Å². The zero-order valence-corrected chi connectivity index (χ0v) is 15.9. The van der Waals surface area contributed by atoms with E-state index in [4.69, 9.17) is 9.47 Å². The number of rotatable bonds is 7. The van der Waals surface area contributed by atoms with Crippen LogP contribution in [0.15, 0.2) is 18.2 Å². The van der Waals surface area contributed by atoms with Crippen molar-refractivity contribution < 1.29 is 23.5 Å². The molecule has 7 heteroatoms. The monoisotopic (exact) mass is 378 g/mol. The molecule has 1 aromatic rings. The summed E-state index contributed by atoms with van der Waals surface area (Å²) in [5.74, 6) is 0.214. The van der Waals surface area contributed by atoms with Crippen LogP contribution in [0.4, 0.5) is 4.39 Å². The molecular formula is C20H27FN2O4. The van der Waals surface area contributed by atoms with Gasteiger partial charge in [-0.25, -0.2) is 4.39 Å². The summed E-state index contributed by atoms with van der Waals surface area (Å²) < 4.78 is 24.8. The van der Waals surface area contributed by atoms with Crippen molar-refractivity contribution in [3.05, 3.63) is 29.6 Å². The summed E-state index contributed by atoms with van der Waals surface area (Å²) in [5.41, 5.74) is -0.117. The van der Waals surface area contributed by atoms with Crippen molar-refractivity contribution >= 4 is 11.8 Å². The van der Waals surface area contributed by atoms with Gasteiger partial charge < -0.3 is 19.7 Å². The lowest BCUT2D eigenvalue weighted by molar-refractivity contribution is -0.132. The van der Waals surface area contributed by atoms with Gasteiger partial charge in [-0.3, -0.25) is 9.59 Å². The van der Waals surface area contributed by atoms with Gasteiger partial charge in [-0.15, -0.1) is 0 Å². The molecule has 0 radical (unpaired) electrons. The smallest absolute Gasteiger partial charge is 0.222 e. The maximum absolute atomic E-state index is 14.3. The number of hydrogen-bond donors (Lipinski definition) is 1. The minimum Gasteiger partial charge on any atom is -0.497 e. The SMILES string of the molecule is COc1ccc(F)c(CC2(CCC(=O)N(C)C3CCOC3)CCC(=O)N2)c1. The molecule has 2 aliphatic heterocycles. The van der Waals surface area contributed by atoms with Crippen molar-refractivity contribution in [2.45, 2.75) is 50.1 Å². The molecule has 2 fully saturated rings. The lowest BCUT2D eigenvalue weighted by atomic mass is 9.84. The van der Waals surface area contributed by atoms with E-state index < -0.39 is 5.54 Å². The number of halogens is 1. The number of carbonyl (C=O) groups excluding carboxylic acids is 2. The summed E-state index contributed by atoms with van der Waals surface area (Å²) in [6.45, 7) is 1.25. The van der Waals surface area contributed by atoms with Crippen molar-refractivity contribution in [1.29, 1.82) is 0 Å². The number of hydrogen-bond acceptors (Lipinski definition) is 4. The van der Waals surface area contributed by atoms with E-state index in [2.05, 4.69) is 5.32 Å². The average Bonchev–Trinajstić information content (AvgIpc) is 3.31. The quantitative estimate of drug-likeness (QED) is 0.789. The first-order valence-corrected chi connectivity index (χ1v) is 9.39. The molecule has 0 spiro atoms. The normalized spacial score (nSPS) is 24.7. The molecule has 0 aliphatic carbocycles. The Morgan fingerprint density at radius 1 is 1.48 bits per heavy atom. The van der Waals surface area contributed by atoms with Crippen molar-refractivity contribution in [2.24, 2.45) is 0 Å². The first-order valence-electron chi connectivity index (χ1n) is 9.39. The van der Waals surface area contributed by atoms with E-state index in [9.17, 15) is 14.0 Å².